The van der Waals surface area contributed by atoms with Crippen LogP contribution in [0.2, 0.25) is 0 Å². The first kappa shape index (κ1) is 95.9. The highest BCUT2D eigenvalue weighted by atomic mass is 16.7. The lowest BCUT2D eigenvalue weighted by Crippen LogP contribution is -2.40. The third kappa shape index (κ3) is 82.1. The minimum Gasteiger partial charge on any atom is -0.477 e. The van der Waals surface area contributed by atoms with Crippen molar-refractivity contribution in [3.8, 4) is 0 Å². The topological polar surface area (TPSA) is 108 Å². The molecule has 0 aliphatic carbocycles. The van der Waals surface area contributed by atoms with Gasteiger partial charge in [-0.1, -0.05) is 364 Å². The maximum absolute atomic E-state index is 13.0. The molecule has 0 aliphatic heterocycles. The predicted molar refractivity (Wildman–Crippen MR) is 437 cm³/mol. The second kappa shape index (κ2) is 80.6. The van der Waals surface area contributed by atoms with E-state index in [4.69, 9.17) is 18.9 Å². The van der Waals surface area contributed by atoms with E-state index in [2.05, 4.69) is 172 Å². The molecule has 0 bridgehead atoms. The van der Waals surface area contributed by atoms with Crippen LogP contribution in [0.1, 0.15) is 348 Å². The van der Waals surface area contributed by atoms with E-state index in [1.165, 1.54) is 193 Å². The first-order chi connectivity index (χ1) is 49.6. The van der Waals surface area contributed by atoms with E-state index in [1.807, 2.05) is 21.1 Å². The van der Waals surface area contributed by atoms with E-state index in [9.17, 15) is 19.5 Å². The van der Waals surface area contributed by atoms with Crippen LogP contribution in [0.3, 0.4) is 0 Å². The molecule has 0 fully saturated rings. The van der Waals surface area contributed by atoms with E-state index < -0.39 is 24.3 Å². The average molecular weight is 1400 g/mol. The summed E-state index contributed by atoms with van der Waals surface area (Å²) in [5.74, 6) is -2.04. The van der Waals surface area contributed by atoms with Gasteiger partial charge in [-0.05, 0) is 128 Å². The van der Waals surface area contributed by atoms with Crippen LogP contribution >= 0.6 is 0 Å². The fourth-order valence-corrected chi connectivity index (χ4v) is 11.5. The summed E-state index contributed by atoms with van der Waals surface area (Å²) in [5, 5.41) is 9.78. The number of carboxylic acid groups (broad SMARTS) is 1. The number of likely N-dealkylation sites (N-methyl/N-ethyl adjacent to an activating group) is 1. The Balaban J connectivity index is 4.07. The summed E-state index contributed by atoms with van der Waals surface area (Å²) >= 11 is 0. The minimum absolute atomic E-state index is 0.176. The van der Waals surface area contributed by atoms with E-state index >= 15 is 0 Å². The lowest BCUT2D eigenvalue weighted by molar-refractivity contribution is -0.870. The zero-order chi connectivity index (χ0) is 73.2. The van der Waals surface area contributed by atoms with Crippen molar-refractivity contribution >= 4 is 17.9 Å². The summed E-state index contributed by atoms with van der Waals surface area (Å²) in [6.45, 7) is 4.74. The van der Waals surface area contributed by atoms with E-state index in [0.29, 0.717) is 23.9 Å². The summed E-state index contributed by atoms with van der Waals surface area (Å²) in [6, 6.07) is 0. The van der Waals surface area contributed by atoms with Crippen molar-refractivity contribution in [1.29, 1.82) is 0 Å². The van der Waals surface area contributed by atoms with Gasteiger partial charge in [0.05, 0.1) is 34.4 Å². The highest BCUT2D eigenvalue weighted by molar-refractivity contribution is 5.71. The Kier molecular flexibility index (Phi) is 76.5. The summed E-state index contributed by atoms with van der Waals surface area (Å²) in [5.41, 5.74) is 0. The van der Waals surface area contributed by atoms with Crippen molar-refractivity contribution in [1.82, 2.24) is 0 Å². The molecule has 0 aliphatic rings. The Morgan fingerprint density at radius 1 is 0.307 bits per heavy atom. The molecule has 0 spiro atoms. The standard InChI is InChI=1S/C92H155NO8/c1-6-8-10-12-14-16-18-20-22-24-26-28-30-32-34-36-38-40-42-43-44-45-46-47-49-50-52-54-56-58-60-62-64-66-68-70-72-74-76-78-80-82-89(94)99-86-88(87-100-92(91(96)97)98-85-84-93(3,4)5)101-90(95)83-81-79-77-75-73-71-69-67-65-63-61-59-57-55-53-51-48-41-39-37-35-33-31-29-27-25-23-21-19-17-15-13-11-9-7-2/h9,11,15,17-18,20-21,23-24,26-27,29-30,32-33,35,39,41,51,53,57,59,63,65,69,71,88,92H,6-8,10,12-14,16,19,22,25,28,31,34,36-38,40,42-50,52,54-56,58,60-62,64,66-68,70,72-87H2,1-5H3/p+1/b11-9-,17-15-,20-18-,23-21-,26-24-,29-27-,32-30-,35-33-,41-39-,53-51-,59-57-,65-63-,71-69-. The minimum atomic E-state index is -1.53. The summed E-state index contributed by atoms with van der Waals surface area (Å²) in [6.07, 6.45) is 117. The van der Waals surface area contributed by atoms with Gasteiger partial charge in [0, 0.05) is 12.8 Å². The number of rotatable bonds is 76. The maximum atomic E-state index is 13.0. The highest BCUT2D eigenvalue weighted by Gasteiger charge is 2.25. The fraction of sp³-hybridized carbons (Fsp3) is 0.685. The number of quaternary nitrogens is 1. The quantitative estimate of drug-likeness (QED) is 0.0211. The molecule has 2 unspecified atom stereocenters. The Hall–Kier alpha value is -5.09. The Bertz CT molecular complexity index is 2230. The first-order valence-corrected chi connectivity index (χ1v) is 41.6. The van der Waals surface area contributed by atoms with Gasteiger partial charge in [0.15, 0.2) is 6.10 Å². The molecular weight excluding hydrogens is 1250 g/mol. The molecule has 9 nitrogen and oxygen atoms in total. The van der Waals surface area contributed by atoms with Crippen LogP contribution < -0.4 is 0 Å². The van der Waals surface area contributed by atoms with Crippen molar-refractivity contribution in [2.75, 3.05) is 47.5 Å². The normalized spacial score (nSPS) is 13.5. The molecule has 0 saturated carbocycles. The number of carbonyl (C=O) groups excluding carboxylic acids is 2. The van der Waals surface area contributed by atoms with Crippen molar-refractivity contribution in [3.05, 3.63) is 158 Å². The second-order valence-corrected chi connectivity index (χ2v) is 28.7. The zero-order valence-corrected chi connectivity index (χ0v) is 66.0. The molecule has 0 amide bonds. The zero-order valence-electron chi connectivity index (χ0n) is 66.0. The van der Waals surface area contributed by atoms with Crippen molar-refractivity contribution in [3.63, 3.8) is 0 Å². The number of ether oxygens (including phenoxy) is 4. The van der Waals surface area contributed by atoms with Gasteiger partial charge in [-0.2, -0.15) is 0 Å². The van der Waals surface area contributed by atoms with Crippen molar-refractivity contribution in [2.45, 2.75) is 360 Å². The van der Waals surface area contributed by atoms with Gasteiger partial charge in [0.25, 0.3) is 6.29 Å². The van der Waals surface area contributed by atoms with Gasteiger partial charge < -0.3 is 28.5 Å². The number of unbranched alkanes of at least 4 members (excludes halogenated alkanes) is 35. The van der Waals surface area contributed by atoms with Crippen LogP contribution in [0, 0.1) is 0 Å². The van der Waals surface area contributed by atoms with Crippen LogP contribution in [-0.2, 0) is 33.3 Å². The van der Waals surface area contributed by atoms with Crippen LogP contribution in [0.25, 0.3) is 0 Å². The lowest BCUT2D eigenvalue weighted by atomic mass is 10.0. The smallest absolute Gasteiger partial charge is 0.361 e. The molecule has 0 aromatic carbocycles. The van der Waals surface area contributed by atoms with Gasteiger partial charge in [-0.15, -0.1) is 0 Å². The van der Waals surface area contributed by atoms with Gasteiger partial charge >= 0.3 is 17.9 Å². The van der Waals surface area contributed by atoms with E-state index in [1.54, 1.807) is 0 Å². The molecular formula is C92H156NO8+. The molecule has 0 aromatic rings. The highest BCUT2D eigenvalue weighted by Crippen LogP contribution is 2.18. The molecule has 0 radical (unpaired) electrons. The van der Waals surface area contributed by atoms with Gasteiger partial charge in [0.1, 0.15) is 13.2 Å². The van der Waals surface area contributed by atoms with Crippen LogP contribution in [0.4, 0.5) is 0 Å². The monoisotopic (exact) mass is 1400 g/mol. The summed E-state index contributed by atoms with van der Waals surface area (Å²) in [7, 11) is 5.97. The van der Waals surface area contributed by atoms with Crippen LogP contribution in [-0.4, -0.2) is 87.4 Å². The predicted octanol–water partition coefficient (Wildman–Crippen LogP) is 27.1. The van der Waals surface area contributed by atoms with Crippen LogP contribution in [0.15, 0.2) is 158 Å². The van der Waals surface area contributed by atoms with Crippen LogP contribution in [0.5, 0.6) is 0 Å². The Labute approximate surface area is 623 Å². The summed E-state index contributed by atoms with van der Waals surface area (Å²) in [4.78, 5) is 37.8. The molecule has 0 rings (SSSR count). The maximum Gasteiger partial charge on any atom is 0.361 e. The number of carboxylic acids is 1. The van der Waals surface area contributed by atoms with Gasteiger partial charge in [-0.3, -0.25) is 9.59 Å². The van der Waals surface area contributed by atoms with Crippen molar-refractivity contribution in [2.24, 2.45) is 0 Å². The SMILES string of the molecule is CC/C=C\C/C=C\C/C=C\C/C=C\C/C=C\C/C=C\C/C=C\C/C=C\C/C=C\C/C=C\CCCCCCC(=O)OC(COC(=O)CCCCCCCCCCCCCCCCCCCCCCCCCCCC/C=C\C/C=C\C/C=C\CCCCCCC)COC(OCC[N+](C)(C)C)C(=O)O. The molecule has 0 aromatic heterocycles. The number of allylic oxidation sites excluding steroid dienone is 26. The number of hydrogen-bond acceptors (Lipinski definition) is 7. The van der Waals surface area contributed by atoms with Gasteiger partial charge in [0.2, 0.25) is 0 Å². The number of aliphatic carboxylic acids is 1. The third-order valence-electron chi connectivity index (χ3n) is 17.8. The number of esters is 2. The lowest BCUT2D eigenvalue weighted by Gasteiger charge is -2.25. The fourth-order valence-electron chi connectivity index (χ4n) is 11.5. The Morgan fingerprint density at radius 2 is 0.564 bits per heavy atom. The molecule has 1 N–H and O–H groups in total. The number of nitrogens with zero attached hydrogens (tertiary/aromatic N) is 1. The molecule has 2 atom stereocenters. The van der Waals surface area contributed by atoms with E-state index in [-0.39, 0.29) is 32.2 Å². The first-order valence-electron chi connectivity index (χ1n) is 41.6. The second-order valence-electron chi connectivity index (χ2n) is 28.7. The van der Waals surface area contributed by atoms with E-state index in [0.717, 1.165) is 122 Å². The Morgan fingerprint density at radius 3 is 0.842 bits per heavy atom. The number of hydrogen-bond donors (Lipinski definition) is 1. The average Bonchev–Trinajstić information content (AvgIpc) is 1.25. The molecule has 101 heavy (non-hydrogen) atoms. The molecule has 9 heteroatoms. The van der Waals surface area contributed by atoms with Crippen molar-refractivity contribution < 1.29 is 42.9 Å². The third-order valence-corrected chi connectivity index (χ3v) is 17.8. The molecule has 0 saturated heterocycles. The summed E-state index contributed by atoms with van der Waals surface area (Å²) < 4.78 is 23.0. The number of carbonyl (C=O) groups is 3. The van der Waals surface area contributed by atoms with Gasteiger partial charge in [-0.25, -0.2) is 4.79 Å². The largest absolute Gasteiger partial charge is 0.477 e. The molecule has 576 valence electrons. The molecule has 0 heterocycles.